The highest BCUT2D eigenvalue weighted by Crippen LogP contribution is 2.38. The Labute approximate surface area is 123 Å². The van der Waals surface area contributed by atoms with Crippen LogP contribution in [0.5, 0.6) is 0 Å². The van der Waals surface area contributed by atoms with E-state index >= 15 is 0 Å². The molecule has 1 N–H and O–H groups in total. The summed E-state index contributed by atoms with van der Waals surface area (Å²) in [5.41, 5.74) is 0.953. The van der Waals surface area contributed by atoms with Gasteiger partial charge in [-0.1, -0.05) is 0 Å². The second kappa shape index (κ2) is 4.97. The lowest BCUT2D eigenvalue weighted by Gasteiger charge is -2.22. The van der Waals surface area contributed by atoms with Crippen molar-refractivity contribution in [3.63, 3.8) is 0 Å². The first-order chi connectivity index (χ1) is 9.55. The first kappa shape index (κ1) is 13.8. The van der Waals surface area contributed by atoms with Crippen LogP contribution in [0.3, 0.4) is 0 Å². The van der Waals surface area contributed by atoms with Crippen molar-refractivity contribution < 1.29 is 4.74 Å². The molecule has 20 heavy (non-hydrogen) atoms. The van der Waals surface area contributed by atoms with Gasteiger partial charge in [-0.25, -0.2) is 9.97 Å². The number of aryl methyl sites for hydroxylation is 2. The van der Waals surface area contributed by atoms with Crippen LogP contribution in [0.15, 0.2) is 0 Å². The third kappa shape index (κ3) is 2.09. The lowest BCUT2D eigenvalue weighted by atomic mass is 10.0. The van der Waals surface area contributed by atoms with E-state index in [2.05, 4.69) is 33.0 Å². The molecular formula is C15H21N3OS. The summed E-state index contributed by atoms with van der Waals surface area (Å²) in [7, 11) is 0. The van der Waals surface area contributed by atoms with Crippen molar-refractivity contribution >= 4 is 27.4 Å². The van der Waals surface area contributed by atoms with Crippen LogP contribution in [0.4, 0.5) is 5.82 Å². The molecule has 1 aliphatic heterocycles. The molecule has 1 aliphatic rings. The van der Waals surface area contributed by atoms with Gasteiger partial charge in [-0.05, 0) is 46.1 Å². The third-order valence-corrected chi connectivity index (χ3v) is 5.17. The number of rotatable bonds is 3. The standard InChI is InChI=1S/C15H21N3OS/c1-5-16-12-11-9(2)10(3)20-13(11)18-14(17-12)15(4)7-6-8-19-15/h5-8H2,1-4H3,(H,16,17,18). The molecule has 3 heterocycles. The maximum atomic E-state index is 5.90. The molecule has 1 fully saturated rings. The van der Waals surface area contributed by atoms with Crippen molar-refractivity contribution in [2.24, 2.45) is 0 Å². The summed E-state index contributed by atoms with van der Waals surface area (Å²) in [6.45, 7) is 10.1. The summed E-state index contributed by atoms with van der Waals surface area (Å²) in [4.78, 5) is 11.9. The van der Waals surface area contributed by atoms with E-state index in [0.29, 0.717) is 0 Å². The number of thiophene rings is 1. The fourth-order valence-corrected chi connectivity index (χ4v) is 3.77. The Kier molecular flexibility index (Phi) is 3.42. The Morgan fingerprint density at radius 2 is 2.15 bits per heavy atom. The fraction of sp³-hybridized carbons (Fsp3) is 0.600. The van der Waals surface area contributed by atoms with Gasteiger partial charge in [0, 0.05) is 18.0 Å². The van der Waals surface area contributed by atoms with Crippen LogP contribution >= 0.6 is 11.3 Å². The summed E-state index contributed by atoms with van der Waals surface area (Å²) in [6, 6.07) is 0. The molecule has 0 aliphatic carbocycles. The first-order valence-electron chi connectivity index (χ1n) is 7.21. The van der Waals surface area contributed by atoms with E-state index in [0.717, 1.165) is 42.5 Å². The van der Waals surface area contributed by atoms with Crippen molar-refractivity contribution in [1.82, 2.24) is 9.97 Å². The van der Waals surface area contributed by atoms with Crippen LogP contribution in [-0.4, -0.2) is 23.1 Å². The zero-order chi connectivity index (χ0) is 14.3. The average molecular weight is 291 g/mol. The average Bonchev–Trinajstić information content (AvgIpc) is 2.97. The van der Waals surface area contributed by atoms with Crippen molar-refractivity contribution in [2.75, 3.05) is 18.5 Å². The van der Waals surface area contributed by atoms with Crippen molar-refractivity contribution in [3.8, 4) is 0 Å². The van der Waals surface area contributed by atoms with Gasteiger partial charge in [-0.3, -0.25) is 0 Å². The second-order valence-electron chi connectivity index (χ2n) is 5.57. The van der Waals surface area contributed by atoms with Gasteiger partial charge in [-0.2, -0.15) is 0 Å². The molecule has 5 heteroatoms. The first-order valence-corrected chi connectivity index (χ1v) is 8.03. The molecule has 0 radical (unpaired) electrons. The normalized spacial score (nSPS) is 22.6. The molecule has 108 valence electrons. The number of nitrogens with one attached hydrogen (secondary N) is 1. The lowest BCUT2D eigenvalue weighted by Crippen LogP contribution is -2.24. The molecular weight excluding hydrogens is 270 g/mol. The maximum Gasteiger partial charge on any atom is 0.163 e. The van der Waals surface area contributed by atoms with Gasteiger partial charge in [0.2, 0.25) is 0 Å². The minimum Gasteiger partial charge on any atom is -0.370 e. The van der Waals surface area contributed by atoms with Crippen LogP contribution in [0.2, 0.25) is 0 Å². The van der Waals surface area contributed by atoms with Gasteiger partial charge in [-0.15, -0.1) is 11.3 Å². The van der Waals surface area contributed by atoms with Gasteiger partial charge in [0.15, 0.2) is 5.82 Å². The smallest absolute Gasteiger partial charge is 0.163 e. The molecule has 0 saturated carbocycles. The molecule has 2 aromatic heterocycles. The van der Waals surface area contributed by atoms with Gasteiger partial charge in [0.25, 0.3) is 0 Å². The van der Waals surface area contributed by atoms with Crippen molar-refractivity contribution in [2.45, 2.75) is 46.1 Å². The molecule has 2 aromatic rings. The van der Waals surface area contributed by atoms with Crippen molar-refractivity contribution in [1.29, 1.82) is 0 Å². The zero-order valence-corrected chi connectivity index (χ0v) is 13.4. The molecule has 0 amide bonds. The predicted octanol–water partition coefficient (Wildman–Crippen LogP) is 3.77. The van der Waals surface area contributed by atoms with Gasteiger partial charge in [0.1, 0.15) is 16.2 Å². The van der Waals surface area contributed by atoms with Crippen LogP contribution in [0, 0.1) is 13.8 Å². The molecule has 4 nitrogen and oxygen atoms in total. The van der Waals surface area contributed by atoms with Crippen LogP contribution < -0.4 is 5.32 Å². The third-order valence-electron chi connectivity index (χ3n) is 4.06. The Balaban J connectivity index is 2.20. The Hall–Kier alpha value is -1.20. The van der Waals surface area contributed by atoms with Gasteiger partial charge >= 0.3 is 0 Å². The Morgan fingerprint density at radius 3 is 2.80 bits per heavy atom. The molecule has 0 aromatic carbocycles. The van der Waals surface area contributed by atoms with Crippen molar-refractivity contribution in [3.05, 3.63) is 16.3 Å². The Morgan fingerprint density at radius 1 is 1.35 bits per heavy atom. The number of fused-ring (bicyclic) bond motifs is 1. The summed E-state index contributed by atoms with van der Waals surface area (Å²) in [5.74, 6) is 1.77. The molecule has 0 spiro atoms. The highest BCUT2D eigenvalue weighted by Gasteiger charge is 2.35. The van der Waals surface area contributed by atoms with E-state index in [9.17, 15) is 0 Å². The van der Waals surface area contributed by atoms with Gasteiger partial charge in [0.05, 0.1) is 5.39 Å². The summed E-state index contributed by atoms with van der Waals surface area (Å²) >= 11 is 1.74. The number of nitrogens with zero attached hydrogens (tertiary/aromatic N) is 2. The highest BCUT2D eigenvalue weighted by molar-refractivity contribution is 7.18. The molecule has 0 bridgehead atoms. The van der Waals surface area contributed by atoms with E-state index in [1.165, 1.54) is 15.8 Å². The van der Waals surface area contributed by atoms with Gasteiger partial charge < -0.3 is 10.1 Å². The number of hydrogen-bond donors (Lipinski definition) is 1. The second-order valence-corrected chi connectivity index (χ2v) is 6.78. The summed E-state index contributed by atoms with van der Waals surface area (Å²) in [6.07, 6.45) is 2.07. The zero-order valence-electron chi connectivity index (χ0n) is 12.5. The predicted molar refractivity (Wildman–Crippen MR) is 83.6 cm³/mol. The highest BCUT2D eigenvalue weighted by atomic mass is 32.1. The van der Waals surface area contributed by atoms with Crippen LogP contribution in [0.1, 0.15) is 43.0 Å². The minimum absolute atomic E-state index is 0.329. The Bertz CT molecular complexity index is 644. The van der Waals surface area contributed by atoms with E-state index in [-0.39, 0.29) is 5.60 Å². The SMILES string of the molecule is CCNc1nc(C2(C)CCCO2)nc2sc(C)c(C)c12. The maximum absolute atomic E-state index is 5.90. The fourth-order valence-electron chi connectivity index (χ4n) is 2.74. The number of anilines is 1. The van der Waals surface area contributed by atoms with E-state index < -0.39 is 0 Å². The topological polar surface area (TPSA) is 47.0 Å². The summed E-state index contributed by atoms with van der Waals surface area (Å²) in [5, 5.41) is 4.55. The molecule has 1 atom stereocenters. The number of hydrogen-bond acceptors (Lipinski definition) is 5. The lowest BCUT2D eigenvalue weighted by molar-refractivity contribution is 0.00976. The molecule has 1 unspecified atom stereocenters. The minimum atomic E-state index is -0.329. The quantitative estimate of drug-likeness (QED) is 0.935. The molecule has 3 rings (SSSR count). The van der Waals surface area contributed by atoms with Crippen LogP contribution in [0.25, 0.3) is 10.2 Å². The number of aromatic nitrogens is 2. The monoisotopic (exact) mass is 291 g/mol. The van der Waals surface area contributed by atoms with E-state index in [1.807, 2.05) is 0 Å². The summed E-state index contributed by atoms with van der Waals surface area (Å²) < 4.78 is 5.90. The van der Waals surface area contributed by atoms with E-state index in [4.69, 9.17) is 14.7 Å². The largest absolute Gasteiger partial charge is 0.370 e. The van der Waals surface area contributed by atoms with Crippen LogP contribution in [-0.2, 0) is 10.3 Å². The molecule has 1 saturated heterocycles. The van der Waals surface area contributed by atoms with E-state index in [1.54, 1.807) is 11.3 Å². The number of ether oxygens (including phenoxy) is 1.